The van der Waals surface area contributed by atoms with Crippen molar-refractivity contribution >= 4 is 62.9 Å². The lowest BCUT2D eigenvalue weighted by molar-refractivity contribution is -0.116. The van der Waals surface area contributed by atoms with Crippen LogP contribution >= 0.6 is 27.7 Å². The highest BCUT2D eigenvalue weighted by molar-refractivity contribution is 9.10. The number of carbonyl (C=O) groups is 3. The fraction of sp³-hybridized carbons (Fsp3) is 0.0238. The summed E-state index contributed by atoms with van der Waals surface area (Å²) in [5.74, 6) is -1.86. The Hall–Kier alpha value is -5.77. The van der Waals surface area contributed by atoms with E-state index in [1.807, 2.05) is 91.0 Å². The van der Waals surface area contributed by atoms with E-state index < -0.39 is 22.9 Å². The molecule has 3 N–H and O–H groups in total. The fourth-order valence-electron chi connectivity index (χ4n) is 5.15. The van der Waals surface area contributed by atoms with Gasteiger partial charge in [-0.3, -0.25) is 14.4 Å². The molecule has 51 heavy (non-hydrogen) atoms. The summed E-state index contributed by atoms with van der Waals surface area (Å²) >= 11 is 4.54. The highest BCUT2D eigenvalue weighted by atomic mass is 79.9. The first-order valence-electron chi connectivity index (χ1n) is 15.9. The number of carbonyl (C=O) groups excluding carboxylic acids is 3. The molecule has 1 unspecified atom stereocenters. The van der Waals surface area contributed by atoms with Gasteiger partial charge in [0.15, 0.2) is 0 Å². The van der Waals surface area contributed by atoms with Gasteiger partial charge >= 0.3 is 0 Å². The predicted molar refractivity (Wildman–Crippen MR) is 207 cm³/mol. The van der Waals surface area contributed by atoms with Gasteiger partial charge in [-0.05, 0) is 82.9 Å². The van der Waals surface area contributed by atoms with Gasteiger partial charge in [-0.15, -0.1) is 11.8 Å². The number of halogens is 2. The monoisotopic (exact) mass is 755 g/mol. The number of thioether (sulfide) groups is 1. The topological polar surface area (TPSA) is 87.3 Å². The summed E-state index contributed by atoms with van der Waals surface area (Å²) < 4.78 is 15.1. The summed E-state index contributed by atoms with van der Waals surface area (Å²) in [6.07, 6.45) is 1.63. The molecule has 0 spiro atoms. The third-order valence-corrected chi connectivity index (χ3v) is 9.51. The molecule has 6 aromatic rings. The molecule has 6 aromatic carbocycles. The lowest BCUT2D eigenvalue weighted by atomic mass is 10.0. The van der Waals surface area contributed by atoms with Crippen molar-refractivity contribution in [2.75, 3.05) is 10.6 Å². The number of amides is 3. The number of rotatable bonds is 11. The largest absolute Gasteiger partial charge is 0.322 e. The number of hydrogen-bond donors (Lipinski definition) is 3. The maximum Gasteiger partial charge on any atom is 0.272 e. The summed E-state index contributed by atoms with van der Waals surface area (Å²) in [6, 6.07) is 47.0. The smallest absolute Gasteiger partial charge is 0.272 e. The Labute approximate surface area is 308 Å². The normalized spacial score (nSPS) is 11.7. The van der Waals surface area contributed by atoms with E-state index in [1.54, 1.807) is 60.7 Å². The summed E-state index contributed by atoms with van der Waals surface area (Å²) in [5.41, 5.74) is 4.62. The second-order valence-corrected chi connectivity index (χ2v) is 13.5. The van der Waals surface area contributed by atoms with Crippen LogP contribution in [-0.2, 0) is 9.59 Å². The molecule has 0 aliphatic carbocycles. The van der Waals surface area contributed by atoms with Crippen LogP contribution in [0.1, 0.15) is 26.7 Å². The van der Waals surface area contributed by atoms with E-state index in [1.165, 1.54) is 23.9 Å². The molecule has 0 radical (unpaired) electrons. The molecule has 9 heteroatoms. The SMILES string of the molecule is O=C(Nc1ccc(SC(C(=O)Nc2ccc(Br)cc2F)c2ccccc2)cc1)/C(=C/c1ccc(-c2ccccc2)cc1)NC(=O)c1ccccc1. The third-order valence-electron chi connectivity index (χ3n) is 7.75. The van der Waals surface area contributed by atoms with Crippen LogP contribution in [0.25, 0.3) is 17.2 Å². The third kappa shape index (κ3) is 9.48. The van der Waals surface area contributed by atoms with E-state index in [0.29, 0.717) is 15.7 Å². The molecule has 0 bridgehead atoms. The van der Waals surface area contributed by atoms with Crippen molar-refractivity contribution in [1.82, 2.24) is 5.32 Å². The molecule has 0 aliphatic rings. The quantitative estimate of drug-likeness (QED) is 0.0908. The Kier molecular flexibility index (Phi) is 11.5. The molecule has 1 atom stereocenters. The fourth-order valence-corrected chi connectivity index (χ4v) is 6.51. The molecular formula is C42H31BrFN3O3S. The first-order chi connectivity index (χ1) is 24.8. The van der Waals surface area contributed by atoms with Crippen LogP contribution in [0, 0.1) is 5.82 Å². The van der Waals surface area contributed by atoms with Crippen LogP contribution in [0.15, 0.2) is 173 Å². The second kappa shape index (κ2) is 16.8. The zero-order valence-electron chi connectivity index (χ0n) is 27.1. The second-order valence-electron chi connectivity index (χ2n) is 11.4. The minimum absolute atomic E-state index is 0.0655. The van der Waals surface area contributed by atoms with Gasteiger partial charge < -0.3 is 16.0 Å². The molecule has 0 saturated carbocycles. The van der Waals surface area contributed by atoms with Crippen molar-refractivity contribution in [3.63, 3.8) is 0 Å². The van der Waals surface area contributed by atoms with Crippen molar-refractivity contribution in [1.29, 1.82) is 0 Å². The van der Waals surface area contributed by atoms with E-state index in [0.717, 1.165) is 27.1 Å². The Morgan fingerprint density at radius 1 is 0.667 bits per heavy atom. The Bertz CT molecular complexity index is 2160. The average molecular weight is 757 g/mol. The molecule has 6 rings (SSSR count). The Balaban J connectivity index is 1.20. The lowest BCUT2D eigenvalue weighted by Crippen LogP contribution is -2.30. The molecule has 0 heterocycles. The molecule has 3 amide bonds. The standard InChI is InChI=1S/C42H31BrFN3O3S/c43-33-20-25-37(36(44)27-33)46-42(50)39(31-12-6-2-7-13-31)51-35-23-21-34(22-24-35)45-41(49)38(47-40(48)32-14-8-3-9-15-32)26-28-16-18-30(19-17-28)29-10-4-1-5-11-29/h1-27,39H,(H,45,49)(H,46,50)(H,47,48)/b38-26-. The molecule has 6 nitrogen and oxygen atoms in total. The summed E-state index contributed by atoms with van der Waals surface area (Å²) in [5, 5.41) is 7.68. The van der Waals surface area contributed by atoms with Crippen LogP contribution in [-0.4, -0.2) is 17.7 Å². The molecule has 0 aromatic heterocycles. The maximum atomic E-state index is 14.6. The zero-order valence-corrected chi connectivity index (χ0v) is 29.5. The van der Waals surface area contributed by atoms with Gasteiger partial charge in [0.1, 0.15) is 16.8 Å². The first-order valence-corrected chi connectivity index (χ1v) is 17.6. The van der Waals surface area contributed by atoms with Crippen LogP contribution in [0.4, 0.5) is 15.8 Å². The minimum Gasteiger partial charge on any atom is -0.322 e. The summed E-state index contributed by atoms with van der Waals surface area (Å²) in [6.45, 7) is 0. The summed E-state index contributed by atoms with van der Waals surface area (Å²) in [7, 11) is 0. The van der Waals surface area contributed by atoms with Gasteiger partial charge in [0, 0.05) is 20.6 Å². The number of hydrogen-bond acceptors (Lipinski definition) is 4. The van der Waals surface area contributed by atoms with Crippen LogP contribution in [0.5, 0.6) is 0 Å². The first kappa shape index (κ1) is 35.1. The van der Waals surface area contributed by atoms with Gasteiger partial charge in [-0.25, -0.2) is 4.39 Å². The molecular weight excluding hydrogens is 725 g/mol. The highest BCUT2D eigenvalue weighted by Gasteiger charge is 2.23. The predicted octanol–water partition coefficient (Wildman–Crippen LogP) is 10.1. The van der Waals surface area contributed by atoms with Gasteiger partial charge in [-0.1, -0.05) is 119 Å². The summed E-state index contributed by atoms with van der Waals surface area (Å²) in [4.78, 5) is 41.0. The average Bonchev–Trinajstić information content (AvgIpc) is 3.16. The van der Waals surface area contributed by atoms with Crippen molar-refractivity contribution < 1.29 is 18.8 Å². The minimum atomic E-state index is -0.689. The highest BCUT2D eigenvalue weighted by Crippen LogP contribution is 2.37. The van der Waals surface area contributed by atoms with Crippen molar-refractivity contribution in [3.05, 3.63) is 190 Å². The molecule has 252 valence electrons. The molecule has 0 aliphatic heterocycles. The molecule has 0 fully saturated rings. The van der Waals surface area contributed by atoms with Crippen molar-refractivity contribution in [2.45, 2.75) is 10.1 Å². The van der Waals surface area contributed by atoms with Crippen LogP contribution < -0.4 is 16.0 Å². The van der Waals surface area contributed by atoms with E-state index in [-0.39, 0.29) is 17.3 Å². The van der Waals surface area contributed by atoms with E-state index in [9.17, 15) is 18.8 Å². The van der Waals surface area contributed by atoms with Crippen molar-refractivity contribution in [3.8, 4) is 11.1 Å². The van der Waals surface area contributed by atoms with E-state index in [2.05, 4.69) is 31.9 Å². The van der Waals surface area contributed by atoms with Gasteiger partial charge in [-0.2, -0.15) is 0 Å². The van der Waals surface area contributed by atoms with Gasteiger partial charge in [0.25, 0.3) is 11.8 Å². The Morgan fingerprint density at radius 2 is 1.27 bits per heavy atom. The number of nitrogens with one attached hydrogen (secondary N) is 3. The molecule has 0 saturated heterocycles. The van der Waals surface area contributed by atoms with Crippen LogP contribution in [0.3, 0.4) is 0 Å². The Morgan fingerprint density at radius 3 is 1.92 bits per heavy atom. The van der Waals surface area contributed by atoms with E-state index >= 15 is 0 Å². The van der Waals surface area contributed by atoms with Crippen LogP contribution in [0.2, 0.25) is 0 Å². The maximum absolute atomic E-state index is 14.6. The van der Waals surface area contributed by atoms with E-state index in [4.69, 9.17) is 0 Å². The van der Waals surface area contributed by atoms with Gasteiger partial charge in [0.2, 0.25) is 5.91 Å². The lowest BCUT2D eigenvalue weighted by Gasteiger charge is -2.18. The van der Waals surface area contributed by atoms with Crippen molar-refractivity contribution in [2.24, 2.45) is 0 Å². The zero-order chi connectivity index (χ0) is 35.6. The number of benzene rings is 6. The van der Waals surface area contributed by atoms with Gasteiger partial charge in [0.05, 0.1) is 5.69 Å². The number of anilines is 2.